The van der Waals surface area contributed by atoms with Gasteiger partial charge in [-0.2, -0.15) is 0 Å². The minimum atomic E-state index is -0.682. The van der Waals surface area contributed by atoms with E-state index in [1.54, 1.807) is 0 Å². The van der Waals surface area contributed by atoms with Gasteiger partial charge in [-0.1, -0.05) is 6.08 Å². The van der Waals surface area contributed by atoms with Gasteiger partial charge in [0.25, 0.3) is 5.69 Å². The van der Waals surface area contributed by atoms with Crippen LogP contribution in [0.25, 0.3) is 0 Å². The van der Waals surface area contributed by atoms with Gasteiger partial charge in [-0.3, -0.25) is 19.7 Å². The Hall–Kier alpha value is -2.96. The number of fused-ring (bicyclic) bond motifs is 1. The van der Waals surface area contributed by atoms with E-state index in [1.165, 1.54) is 18.2 Å². The third kappa shape index (κ3) is 2.51. The standard InChI is InChI=1S/C19H18N2O5/c22-14-8-7-10(21(25)26)9-11(14)17-18-12(3-1-5-15(18)23)20-13-4-2-6-16(24)19(13)17/h3,7-9,17-18,20,22H,1-2,4-6H2. The first-order valence-electron chi connectivity index (χ1n) is 8.70. The van der Waals surface area contributed by atoms with Crippen molar-refractivity contribution in [2.45, 2.75) is 38.0 Å². The third-order valence-electron chi connectivity index (χ3n) is 5.39. The number of nitro groups is 1. The summed E-state index contributed by atoms with van der Waals surface area (Å²) < 4.78 is 0. The molecule has 7 heteroatoms. The van der Waals surface area contributed by atoms with Crippen molar-refractivity contribution in [3.05, 3.63) is 56.9 Å². The number of phenols is 1. The maximum atomic E-state index is 12.7. The van der Waals surface area contributed by atoms with E-state index in [1.807, 2.05) is 6.08 Å². The summed E-state index contributed by atoms with van der Waals surface area (Å²) in [5.41, 5.74) is 2.11. The van der Waals surface area contributed by atoms with Crippen LogP contribution in [0.4, 0.5) is 5.69 Å². The van der Waals surface area contributed by atoms with Crippen molar-refractivity contribution in [3.63, 3.8) is 0 Å². The summed E-state index contributed by atoms with van der Waals surface area (Å²) in [6.07, 6.45) is 4.74. The summed E-state index contributed by atoms with van der Waals surface area (Å²) in [5, 5.41) is 24.9. The van der Waals surface area contributed by atoms with Crippen molar-refractivity contribution in [3.8, 4) is 5.75 Å². The predicted molar refractivity (Wildman–Crippen MR) is 92.3 cm³/mol. The molecule has 3 aliphatic rings. The predicted octanol–water partition coefficient (Wildman–Crippen LogP) is 2.86. The second-order valence-electron chi connectivity index (χ2n) is 6.91. The van der Waals surface area contributed by atoms with Gasteiger partial charge in [0.1, 0.15) is 11.5 Å². The number of aromatic hydroxyl groups is 1. The molecule has 0 aromatic heterocycles. The first-order valence-corrected chi connectivity index (χ1v) is 8.70. The van der Waals surface area contributed by atoms with Crippen LogP contribution in [0.3, 0.4) is 0 Å². The van der Waals surface area contributed by atoms with Gasteiger partial charge in [0, 0.05) is 53.4 Å². The van der Waals surface area contributed by atoms with Gasteiger partial charge < -0.3 is 10.4 Å². The zero-order chi connectivity index (χ0) is 18.4. The molecule has 4 rings (SSSR count). The number of non-ortho nitro benzene ring substituents is 1. The fourth-order valence-corrected chi connectivity index (χ4v) is 4.25. The van der Waals surface area contributed by atoms with Gasteiger partial charge in [0.2, 0.25) is 0 Å². The normalized spacial score (nSPS) is 25.2. The van der Waals surface area contributed by atoms with Crippen LogP contribution in [0.2, 0.25) is 0 Å². The van der Waals surface area contributed by atoms with E-state index in [9.17, 15) is 24.8 Å². The number of nitro benzene ring substituents is 1. The molecule has 2 unspecified atom stereocenters. The van der Waals surface area contributed by atoms with Crippen LogP contribution in [0.15, 0.2) is 41.2 Å². The number of carbonyl (C=O) groups excluding carboxylic acids is 2. The molecule has 0 saturated carbocycles. The highest BCUT2D eigenvalue weighted by molar-refractivity contribution is 6.01. The molecular formula is C19H18N2O5. The molecule has 2 N–H and O–H groups in total. The monoisotopic (exact) mass is 354 g/mol. The third-order valence-corrected chi connectivity index (χ3v) is 5.39. The van der Waals surface area contributed by atoms with Crippen LogP contribution in [0, 0.1) is 16.0 Å². The molecular weight excluding hydrogens is 336 g/mol. The lowest BCUT2D eigenvalue weighted by Crippen LogP contribution is -2.42. The summed E-state index contributed by atoms with van der Waals surface area (Å²) >= 11 is 0. The van der Waals surface area contributed by atoms with E-state index in [2.05, 4.69) is 5.32 Å². The van der Waals surface area contributed by atoms with Gasteiger partial charge in [0.15, 0.2) is 5.78 Å². The van der Waals surface area contributed by atoms with Crippen LogP contribution in [0.5, 0.6) is 5.75 Å². The number of nitrogens with one attached hydrogen (secondary N) is 1. The zero-order valence-electron chi connectivity index (χ0n) is 14.0. The van der Waals surface area contributed by atoms with Gasteiger partial charge in [-0.25, -0.2) is 0 Å². The largest absolute Gasteiger partial charge is 0.508 e. The summed E-state index contributed by atoms with van der Waals surface area (Å²) in [4.78, 5) is 36.0. The fourth-order valence-electron chi connectivity index (χ4n) is 4.25. The van der Waals surface area contributed by atoms with E-state index >= 15 is 0 Å². The fraction of sp³-hybridized carbons (Fsp3) is 0.368. The Morgan fingerprint density at radius 1 is 1.15 bits per heavy atom. The Kier molecular flexibility index (Phi) is 3.86. The van der Waals surface area contributed by atoms with Crippen LogP contribution in [-0.2, 0) is 9.59 Å². The lowest BCUT2D eigenvalue weighted by molar-refractivity contribution is -0.385. The minimum Gasteiger partial charge on any atom is -0.508 e. The Balaban J connectivity index is 1.95. The Morgan fingerprint density at radius 3 is 2.73 bits per heavy atom. The molecule has 26 heavy (non-hydrogen) atoms. The summed E-state index contributed by atoms with van der Waals surface area (Å²) in [5.74, 6) is -1.51. The van der Waals surface area contributed by atoms with E-state index in [-0.39, 0.29) is 28.6 Å². The maximum Gasteiger partial charge on any atom is 0.269 e. The molecule has 0 amide bonds. The number of hydrogen-bond acceptors (Lipinski definition) is 6. The molecule has 1 heterocycles. The molecule has 134 valence electrons. The van der Waals surface area contributed by atoms with Crippen LogP contribution in [0.1, 0.15) is 43.6 Å². The quantitative estimate of drug-likeness (QED) is 0.624. The molecule has 0 bridgehead atoms. The molecule has 7 nitrogen and oxygen atoms in total. The van der Waals surface area contributed by atoms with Crippen LogP contribution in [-0.4, -0.2) is 21.6 Å². The average Bonchev–Trinajstić information content (AvgIpc) is 2.61. The number of benzene rings is 1. The Bertz CT molecular complexity index is 899. The van der Waals surface area contributed by atoms with Crippen molar-refractivity contribution in [2.24, 2.45) is 5.92 Å². The van der Waals surface area contributed by atoms with Crippen molar-refractivity contribution in [1.82, 2.24) is 5.32 Å². The number of carbonyl (C=O) groups is 2. The number of hydrogen-bond donors (Lipinski definition) is 2. The van der Waals surface area contributed by atoms with Gasteiger partial charge in [-0.05, 0) is 25.3 Å². The van der Waals surface area contributed by atoms with Crippen LogP contribution >= 0.6 is 0 Å². The second-order valence-corrected chi connectivity index (χ2v) is 6.91. The molecule has 2 atom stereocenters. The Labute approximate surface area is 149 Å². The summed E-state index contributed by atoms with van der Waals surface area (Å²) in [6, 6.07) is 3.77. The Morgan fingerprint density at radius 2 is 1.96 bits per heavy atom. The van der Waals surface area contributed by atoms with Crippen molar-refractivity contribution in [1.29, 1.82) is 0 Å². The molecule has 1 aromatic rings. The topological polar surface area (TPSA) is 110 Å². The molecule has 2 aliphatic carbocycles. The SMILES string of the molecule is O=C1CCCC2=C1C(c1cc([N+](=O)[O-])ccc1O)C1C(=O)CCC=C1N2. The van der Waals surface area contributed by atoms with E-state index in [4.69, 9.17) is 0 Å². The number of allylic oxidation sites excluding steroid dienone is 4. The highest BCUT2D eigenvalue weighted by Gasteiger charge is 2.45. The highest BCUT2D eigenvalue weighted by atomic mass is 16.6. The molecule has 0 spiro atoms. The lowest BCUT2D eigenvalue weighted by Gasteiger charge is -2.40. The second kappa shape index (κ2) is 6.09. The van der Waals surface area contributed by atoms with E-state index in [0.29, 0.717) is 31.3 Å². The molecule has 0 radical (unpaired) electrons. The molecule has 1 aliphatic heterocycles. The summed E-state index contributed by atoms with van der Waals surface area (Å²) in [6.45, 7) is 0. The van der Waals surface area contributed by atoms with Crippen molar-refractivity contribution in [2.75, 3.05) is 0 Å². The first kappa shape index (κ1) is 16.5. The van der Waals surface area contributed by atoms with Crippen molar-refractivity contribution >= 4 is 17.3 Å². The summed E-state index contributed by atoms with van der Waals surface area (Å²) in [7, 11) is 0. The number of nitrogens with zero attached hydrogens (tertiary/aromatic N) is 1. The van der Waals surface area contributed by atoms with Gasteiger partial charge in [-0.15, -0.1) is 0 Å². The number of ketones is 2. The maximum absolute atomic E-state index is 12.7. The average molecular weight is 354 g/mol. The zero-order valence-corrected chi connectivity index (χ0v) is 14.0. The first-order chi connectivity index (χ1) is 12.5. The van der Waals surface area contributed by atoms with Crippen molar-refractivity contribution < 1.29 is 19.6 Å². The lowest BCUT2D eigenvalue weighted by atomic mass is 9.68. The minimum absolute atomic E-state index is 0.0178. The van der Waals surface area contributed by atoms with Crippen LogP contribution < -0.4 is 5.32 Å². The molecule has 0 fully saturated rings. The smallest absolute Gasteiger partial charge is 0.269 e. The highest BCUT2D eigenvalue weighted by Crippen LogP contribution is 2.48. The molecule has 0 saturated heterocycles. The van der Waals surface area contributed by atoms with Gasteiger partial charge >= 0.3 is 0 Å². The van der Waals surface area contributed by atoms with Gasteiger partial charge in [0.05, 0.1) is 10.8 Å². The van der Waals surface area contributed by atoms with E-state index in [0.717, 1.165) is 17.8 Å². The molecule has 1 aromatic carbocycles. The van der Waals surface area contributed by atoms with E-state index < -0.39 is 16.8 Å². The number of Topliss-reactive ketones (excluding diaryl/α,β-unsaturated/α-hetero) is 2. The number of rotatable bonds is 2. The number of phenolic OH excluding ortho intramolecular Hbond substituents is 1.